The van der Waals surface area contributed by atoms with Gasteiger partial charge in [0.05, 0.1) is 23.7 Å². The van der Waals surface area contributed by atoms with Gasteiger partial charge in [0.2, 0.25) is 11.8 Å². The summed E-state index contributed by atoms with van der Waals surface area (Å²) >= 11 is 6.32. The van der Waals surface area contributed by atoms with Gasteiger partial charge in [-0.1, -0.05) is 68.8 Å². The number of nitrogens with one attached hydrogen (secondary N) is 2. The lowest BCUT2D eigenvalue weighted by Crippen LogP contribution is -2.51. The molecule has 4 N–H and O–H groups in total. The molecule has 2 aliphatic heterocycles. The highest BCUT2D eigenvalue weighted by molar-refractivity contribution is 6.32. The molecule has 0 unspecified atom stereocenters. The molecule has 49 heavy (non-hydrogen) atoms. The van der Waals surface area contributed by atoms with E-state index in [0.29, 0.717) is 22.9 Å². The van der Waals surface area contributed by atoms with Gasteiger partial charge in [0.25, 0.3) is 0 Å². The smallest absolute Gasteiger partial charge is 0.347 e. The second-order valence-corrected chi connectivity index (χ2v) is 14.2. The molecule has 12 heteroatoms. The molecule has 0 aromatic heterocycles. The number of cyclic esters (lactones) is 2. The summed E-state index contributed by atoms with van der Waals surface area (Å²) in [4.78, 5) is 53.7. The van der Waals surface area contributed by atoms with Crippen LogP contribution in [0.25, 0.3) is 0 Å². The summed E-state index contributed by atoms with van der Waals surface area (Å²) in [6, 6.07) is 12.0. The number of hydrogen-bond donors (Lipinski definition) is 3. The minimum Gasteiger partial charge on any atom is -0.495 e. The zero-order valence-corrected chi connectivity index (χ0v) is 29.8. The van der Waals surface area contributed by atoms with Crippen LogP contribution in [0.3, 0.4) is 0 Å². The van der Waals surface area contributed by atoms with E-state index >= 15 is 0 Å². The summed E-state index contributed by atoms with van der Waals surface area (Å²) in [5.41, 5.74) is 7.22. The van der Waals surface area contributed by atoms with Crippen molar-refractivity contribution >= 4 is 35.4 Å². The first-order valence-electron chi connectivity index (χ1n) is 16.7. The number of rotatable bonds is 9. The van der Waals surface area contributed by atoms with Gasteiger partial charge in [0.15, 0.2) is 6.10 Å². The van der Waals surface area contributed by atoms with Crippen LogP contribution in [0.15, 0.2) is 54.6 Å². The fraction of sp³-hybridized carbons (Fsp3) is 0.514. The highest BCUT2D eigenvalue weighted by atomic mass is 35.5. The molecule has 1 fully saturated rings. The molecule has 266 valence electrons. The zero-order valence-electron chi connectivity index (χ0n) is 29.0. The van der Waals surface area contributed by atoms with Gasteiger partial charge in [-0.05, 0) is 61.1 Å². The fourth-order valence-corrected chi connectivity index (χ4v) is 5.95. The highest BCUT2D eigenvalue weighted by Gasteiger charge is 2.48. The molecule has 1 saturated heterocycles. The fourth-order valence-electron chi connectivity index (χ4n) is 5.67. The van der Waals surface area contributed by atoms with Crippen molar-refractivity contribution in [2.45, 2.75) is 90.9 Å². The molecule has 2 aromatic rings. The Hall–Kier alpha value is -3.93. The molecule has 2 aliphatic rings. The summed E-state index contributed by atoms with van der Waals surface area (Å²) in [5, 5.41) is 5.91. The Morgan fingerprint density at radius 2 is 1.71 bits per heavy atom. The number of carbonyl (C=O) groups is 4. The van der Waals surface area contributed by atoms with Gasteiger partial charge in [0.1, 0.15) is 24.0 Å². The monoisotopic (exact) mass is 697 g/mol. The summed E-state index contributed by atoms with van der Waals surface area (Å²) < 4.78 is 23.1. The Morgan fingerprint density at radius 1 is 1.02 bits per heavy atom. The van der Waals surface area contributed by atoms with E-state index in [1.165, 1.54) is 13.2 Å². The van der Waals surface area contributed by atoms with Gasteiger partial charge in [-0.15, -0.1) is 0 Å². The molecule has 6 atom stereocenters. The Labute approximate surface area is 293 Å². The molecule has 11 nitrogen and oxygen atoms in total. The number of carbonyl (C=O) groups excluding carboxylic acids is 4. The number of nitrogens with two attached hydrogens (primary N) is 1. The van der Waals surface area contributed by atoms with Gasteiger partial charge in [-0.3, -0.25) is 14.4 Å². The van der Waals surface area contributed by atoms with Gasteiger partial charge in [0, 0.05) is 31.8 Å². The van der Waals surface area contributed by atoms with Crippen molar-refractivity contribution in [3.63, 3.8) is 0 Å². The quantitative estimate of drug-likeness (QED) is 0.252. The van der Waals surface area contributed by atoms with Crippen LogP contribution in [-0.2, 0) is 46.4 Å². The maximum Gasteiger partial charge on any atom is 0.347 e. The van der Waals surface area contributed by atoms with E-state index in [2.05, 4.69) is 10.6 Å². The van der Waals surface area contributed by atoms with Crippen molar-refractivity contribution < 1.29 is 38.1 Å². The Balaban J connectivity index is 1.60. The predicted octanol–water partition coefficient (Wildman–Crippen LogP) is 4.58. The van der Waals surface area contributed by atoms with Gasteiger partial charge >= 0.3 is 11.9 Å². The van der Waals surface area contributed by atoms with Gasteiger partial charge in [-0.2, -0.15) is 0 Å². The third kappa shape index (κ3) is 10.3. The zero-order chi connectivity index (χ0) is 35.9. The van der Waals surface area contributed by atoms with Crippen molar-refractivity contribution in [3.05, 3.63) is 76.3 Å². The first kappa shape index (κ1) is 37.9. The Kier molecular flexibility index (Phi) is 12.9. The summed E-state index contributed by atoms with van der Waals surface area (Å²) in [6.45, 7) is 9.33. The maximum atomic E-state index is 13.6. The molecule has 0 radical (unpaired) electrons. The second kappa shape index (κ2) is 16.7. The predicted molar refractivity (Wildman–Crippen MR) is 185 cm³/mol. The van der Waals surface area contributed by atoms with E-state index in [-0.39, 0.29) is 49.9 Å². The van der Waals surface area contributed by atoms with Crippen LogP contribution in [0.4, 0.5) is 0 Å². The van der Waals surface area contributed by atoms with E-state index in [1.54, 1.807) is 38.1 Å². The van der Waals surface area contributed by atoms with Crippen LogP contribution >= 0.6 is 11.6 Å². The summed E-state index contributed by atoms with van der Waals surface area (Å²) in [7, 11) is 1.50. The van der Waals surface area contributed by atoms with Crippen LogP contribution in [0.5, 0.6) is 5.75 Å². The minimum atomic E-state index is -1.21. The number of halogens is 1. The molecule has 2 amide bonds. The number of hydrogen-bond acceptors (Lipinski definition) is 9. The number of ether oxygens (including phenoxy) is 4. The summed E-state index contributed by atoms with van der Waals surface area (Å²) in [6.07, 6.45) is 1.18. The SMILES string of the molecule is COc1ccc(C[C@H]2NC(=O)C=CC[C@@H]([C@H](C)[C@H]3O[C@@H]3c3ccc(CN)cc3)OC(=O)[C@H](CC(C)C)OC(=O)C(C)(C)CNC2=O)cc1Cl. The average molecular weight is 698 g/mol. The molecule has 2 heterocycles. The number of methoxy groups -OCH3 is 1. The van der Waals surface area contributed by atoms with Crippen LogP contribution < -0.4 is 21.1 Å². The molecular formula is C37H48ClN3O8. The lowest BCUT2D eigenvalue weighted by Gasteiger charge is -2.29. The van der Waals surface area contributed by atoms with E-state index in [0.717, 1.165) is 11.1 Å². The van der Waals surface area contributed by atoms with Crippen molar-refractivity contribution in [2.24, 2.45) is 23.0 Å². The number of amides is 2. The largest absolute Gasteiger partial charge is 0.495 e. The molecule has 0 spiro atoms. The van der Waals surface area contributed by atoms with Crippen LogP contribution in [0.2, 0.25) is 5.02 Å². The van der Waals surface area contributed by atoms with Crippen molar-refractivity contribution in [2.75, 3.05) is 13.7 Å². The number of benzene rings is 2. The number of esters is 2. The van der Waals surface area contributed by atoms with E-state index in [1.807, 2.05) is 45.0 Å². The van der Waals surface area contributed by atoms with Gasteiger partial charge < -0.3 is 35.3 Å². The molecule has 0 saturated carbocycles. The molecule has 0 aliphatic carbocycles. The number of epoxide rings is 1. The average Bonchev–Trinajstić information content (AvgIpc) is 3.86. The molecule has 0 bridgehead atoms. The molecule has 4 rings (SSSR count). The maximum absolute atomic E-state index is 13.6. The first-order chi connectivity index (χ1) is 23.2. The third-order valence-electron chi connectivity index (χ3n) is 8.82. The first-order valence-corrected chi connectivity index (χ1v) is 17.0. The lowest BCUT2D eigenvalue weighted by atomic mass is 9.92. The topological polar surface area (TPSA) is 159 Å². The van der Waals surface area contributed by atoms with E-state index in [9.17, 15) is 19.2 Å². The van der Waals surface area contributed by atoms with E-state index in [4.69, 9.17) is 36.3 Å². The lowest BCUT2D eigenvalue weighted by molar-refractivity contribution is -0.179. The molecule has 2 aromatic carbocycles. The normalized spacial score (nSPS) is 25.5. The Morgan fingerprint density at radius 3 is 2.35 bits per heavy atom. The van der Waals surface area contributed by atoms with Crippen molar-refractivity contribution in [1.82, 2.24) is 10.6 Å². The summed E-state index contributed by atoms with van der Waals surface area (Å²) in [5.74, 6) is -2.14. The van der Waals surface area contributed by atoms with Crippen LogP contribution in [0, 0.1) is 17.3 Å². The van der Waals surface area contributed by atoms with Crippen LogP contribution in [-0.4, -0.2) is 61.8 Å². The second-order valence-electron chi connectivity index (χ2n) is 13.8. The van der Waals surface area contributed by atoms with Crippen LogP contribution in [0.1, 0.15) is 70.3 Å². The van der Waals surface area contributed by atoms with Crippen molar-refractivity contribution in [1.29, 1.82) is 0 Å². The third-order valence-corrected chi connectivity index (χ3v) is 9.12. The van der Waals surface area contributed by atoms with Crippen molar-refractivity contribution in [3.8, 4) is 5.75 Å². The standard InChI is InChI=1S/C37H48ClN3O8/c1-21(2)16-30-35(44)47-28(22(3)32-33(49-32)25-13-10-23(19-39)11-14-25)8-7-9-31(42)41-27(18-24-12-15-29(46-6)26(38)17-24)34(43)40-20-37(4,5)36(45)48-30/h7,9-15,17,21-22,27-28,30,32-33H,8,16,18-20,39H2,1-6H3,(H,40,43)(H,41,42)/t22-,27+,28-,30-,32+,33+/m0/s1. The highest BCUT2D eigenvalue weighted by Crippen LogP contribution is 2.45. The Bertz CT molecular complexity index is 1530. The van der Waals surface area contributed by atoms with E-state index < -0.39 is 47.4 Å². The van der Waals surface area contributed by atoms with Gasteiger partial charge in [-0.25, -0.2) is 4.79 Å². The molecular weight excluding hydrogens is 650 g/mol. The minimum absolute atomic E-state index is 0.0121.